The Bertz CT molecular complexity index is 554. The summed E-state index contributed by atoms with van der Waals surface area (Å²) in [5.74, 6) is 0.615. The number of nitrogens with two attached hydrogens (primary N) is 1. The van der Waals surface area contributed by atoms with Gasteiger partial charge in [0.05, 0.1) is 5.69 Å². The van der Waals surface area contributed by atoms with Crippen LogP contribution in [0.5, 0.6) is 0 Å². The number of nitrogen functional groups attached to an aromatic ring is 1. The molecule has 1 fully saturated rings. The average Bonchev–Trinajstić information content (AvgIpc) is 2.92. The fourth-order valence-corrected chi connectivity index (χ4v) is 3.08. The van der Waals surface area contributed by atoms with Gasteiger partial charge in [0.1, 0.15) is 4.90 Å². The average molecular weight is 299 g/mol. The molecule has 1 heterocycles. The van der Waals surface area contributed by atoms with Crippen LogP contribution >= 0.6 is 0 Å². The largest absolute Gasteiger partial charge is 0.398 e. The lowest BCUT2D eigenvalue weighted by atomic mass is 10.1. The SMILES string of the molecule is CNS(=O)(=O)c1ccc(NCCC2CCOC2)cc1N. The molecule has 112 valence electrons. The number of ether oxygens (including phenoxy) is 1. The minimum Gasteiger partial charge on any atom is -0.398 e. The van der Waals surface area contributed by atoms with Crippen molar-refractivity contribution in [1.82, 2.24) is 4.72 Å². The van der Waals surface area contributed by atoms with E-state index in [0.717, 1.165) is 38.3 Å². The monoisotopic (exact) mass is 299 g/mol. The molecule has 1 atom stereocenters. The smallest absolute Gasteiger partial charge is 0.242 e. The number of hydrogen-bond acceptors (Lipinski definition) is 5. The van der Waals surface area contributed by atoms with Crippen molar-refractivity contribution in [3.8, 4) is 0 Å². The second-order valence-electron chi connectivity index (χ2n) is 4.91. The summed E-state index contributed by atoms with van der Waals surface area (Å²) in [4.78, 5) is 0.106. The molecule has 6 nitrogen and oxygen atoms in total. The topological polar surface area (TPSA) is 93.5 Å². The van der Waals surface area contributed by atoms with Crippen molar-refractivity contribution in [1.29, 1.82) is 0 Å². The van der Waals surface area contributed by atoms with Gasteiger partial charge in [0.25, 0.3) is 0 Å². The van der Waals surface area contributed by atoms with Crippen LogP contribution in [-0.2, 0) is 14.8 Å². The summed E-state index contributed by atoms with van der Waals surface area (Å²) < 4.78 is 31.0. The zero-order chi connectivity index (χ0) is 14.6. The molecule has 0 saturated carbocycles. The molecule has 0 radical (unpaired) electrons. The van der Waals surface area contributed by atoms with Gasteiger partial charge in [-0.15, -0.1) is 0 Å². The van der Waals surface area contributed by atoms with E-state index in [9.17, 15) is 8.42 Å². The van der Waals surface area contributed by atoms with E-state index in [1.165, 1.54) is 13.1 Å². The summed E-state index contributed by atoms with van der Waals surface area (Å²) in [6.07, 6.45) is 2.15. The van der Waals surface area contributed by atoms with Gasteiger partial charge in [-0.2, -0.15) is 0 Å². The van der Waals surface area contributed by atoms with Crippen LogP contribution in [0.3, 0.4) is 0 Å². The Kier molecular flexibility index (Phi) is 4.85. The molecule has 1 aliphatic heterocycles. The lowest BCUT2D eigenvalue weighted by Crippen LogP contribution is -2.20. The van der Waals surface area contributed by atoms with Crippen molar-refractivity contribution in [2.75, 3.05) is 37.9 Å². The van der Waals surface area contributed by atoms with Crippen LogP contribution in [-0.4, -0.2) is 35.2 Å². The third-order valence-corrected chi connectivity index (χ3v) is 4.96. The molecule has 1 aromatic rings. The van der Waals surface area contributed by atoms with Gasteiger partial charge in [0.15, 0.2) is 0 Å². The van der Waals surface area contributed by atoms with E-state index >= 15 is 0 Å². The van der Waals surface area contributed by atoms with E-state index in [0.29, 0.717) is 5.92 Å². The van der Waals surface area contributed by atoms with Crippen LogP contribution in [0.2, 0.25) is 0 Å². The molecule has 0 aliphatic carbocycles. The quantitative estimate of drug-likeness (QED) is 0.682. The molecule has 4 N–H and O–H groups in total. The first-order chi connectivity index (χ1) is 9.53. The van der Waals surface area contributed by atoms with E-state index in [1.54, 1.807) is 12.1 Å². The number of sulfonamides is 1. The van der Waals surface area contributed by atoms with E-state index in [-0.39, 0.29) is 10.6 Å². The van der Waals surface area contributed by atoms with Gasteiger partial charge in [-0.3, -0.25) is 0 Å². The molecule has 1 aliphatic rings. The maximum absolute atomic E-state index is 11.7. The van der Waals surface area contributed by atoms with Crippen LogP contribution in [0.1, 0.15) is 12.8 Å². The van der Waals surface area contributed by atoms with E-state index < -0.39 is 10.0 Å². The Labute approximate surface area is 119 Å². The summed E-state index contributed by atoms with van der Waals surface area (Å²) in [7, 11) is -2.13. The lowest BCUT2D eigenvalue weighted by molar-refractivity contribution is 0.185. The number of anilines is 2. The van der Waals surface area contributed by atoms with Crippen molar-refractivity contribution >= 4 is 21.4 Å². The molecule has 0 bridgehead atoms. The molecular weight excluding hydrogens is 278 g/mol. The second-order valence-corrected chi connectivity index (χ2v) is 6.76. The molecular formula is C13H21N3O3S. The fraction of sp³-hybridized carbons (Fsp3) is 0.538. The van der Waals surface area contributed by atoms with Crippen molar-refractivity contribution in [3.63, 3.8) is 0 Å². The highest BCUT2D eigenvalue weighted by molar-refractivity contribution is 7.89. The van der Waals surface area contributed by atoms with Crippen LogP contribution in [0.4, 0.5) is 11.4 Å². The van der Waals surface area contributed by atoms with Gasteiger partial charge in [-0.25, -0.2) is 13.1 Å². The van der Waals surface area contributed by atoms with E-state index in [1.807, 2.05) is 0 Å². The van der Waals surface area contributed by atoms with Gasteiger partial charge in [0, 0.05) is 25.4 Å². The number of rotatable bonds is 6. The highest BCUT2D eigenvalue weighted by atomic mass is 32.2. The molecule has 1 saturated heterocycles. The van der Waals surface area contributed by atoms with Gasteiger partial charge < -0.3 is 15.8 Å². The summed E-state index contributed by atoms with van der Waals surface area (Å²) in [6, 6.07) is 4.89. The standard InChI is InChI=1S/C13H21N3O3S/c1-15-20(17,18)13-3-2-11(8-12(13)14)16-6-4-10-5-7-19-9-10/h2-3,8,10,15-16H,4-7,9,14H2,1H3. The Morgan fingerprint density at radius 2 is 2.25 bits per heavy atom. The Hall–Kier alpha value is -1.31. The van der Waals surface area contributed by atoms with Crippen LogP contribution in [0.15, 0.2) is 23.1 Å². The molecule has 20 heavy (non-hydrogen) atoms. The van der Waals surface area contributed by atoms with E-state index in [4.69, 9.17) is 10.5 Å². The summed E-state index contributed by atoms with van der Waals surface area (Å²) in [5.41, 5.74) is 6.87. The zero-order valence-electron chi connectivity index (χ0n) is 11.6. The van der Waals surface area contributed by atoms with Gasteiger partial charge in [0.2, 0.25) is 10.0 Å². The van der Waals surface area contributed by atoms with Crippen molar-refractivity contribution in [3.05, 3.63) is 18.2 Å². The summed E-state index contributed by atoms with van der Waals surface area (Å²) in [6.45, 7) is 2.52. The number of hydrogen-bond donors (Lipinski definition) is 3. The molecule has 0 spiro atoms. The maximum atomic E-state index is 11.7. The summed E-state index contributed by atoms with van der Waals surface area (Å²) >= 11 is 0. The van der Waals surface area contributed by atoms with Gasteiger partial charge >= 0.3 is 0 Å². The first-order valence-electron chi connectivity index (χ1n) is 6.67. The molecule has 0 amide bonds. The normalized spacial score (nSPS) is 19.1. The molecule has 2 rings (SSSR count). The Balaban J connectivity index is 1.95. The van der Waals surface area contributed by atoms with Crippen molar-refractivity contribution in [2.24, 2.45) is 5.92 Å². The Morgan fingerprint density at radius 3 is 2.85 bits per heavy atom. The van der Waals surface area contributed by atoms with Crippen molar-refractivity contribution < 1.29 is 13.2 Å². The van der Waals surface area contributed by atoms with Crippen LogP contribution in [0, 0.1) is 5.92 Å². The minimum atomic E-state index is -3.50. The number of benzene rings is 1. The Morgan fingerprint density at radius 1 is 1.45 bits per heavy atom. The molecule has 1 aromatic carbocycles. The predicted molar refractivity (Wildman–Crippen MR) is 79.1 cm³/mol. The maximum Gasteiger partial charge on any atom is 0.242 e. The summed E-state index contributed by atoms with van der Waals surface area (Å²) in [5, 5.41) is 3.26. The second kappa shape index (κ2) is 6.43. The minimum absolute atomic E-state index is 0.106. The van der Waals surface area contributed by atoms with E-state index in [2.05, 4.69) is 10.0 Å². The highest BCUT2D eigenvalue weighted by Gasteiger charge is 2.16. The molecule has 0 aromatic heterocycles. The third-order valence-electron chi connectivity index (χ3n) is 3.47. The first-order valence-corrected chi connectivity index (χ1v) is 8.16. The van der Waals surface area contributed by atoms with Gasteiger partial charge in [-0.1, -0.05) is 0 Å². The van der Waals surface area contributed by atoms with Crippen LogP contribution < -0.4 is 15.8 Å². The predicted octanol–water partition coefficient (Wildman–Crippen LogP) is 1.02. The zero-order valence-corrected chi connectivity index (χ0v) is 12.4. The lowest BCUT2D eigenvalue weighted by Gasteiger charge is -2.12. The van der Waals surface area contributed by atoms with Crippen LogP contribution in [0.25, 0.3) is 0 Å². The first kappa shape index (κ1) is 15.1. The molecule has 7 heteroatoms. The van der Waals surface area contributed by atoms with Crippen molar-refractivity contribution in [2.45, 2.75) is 17.7 Å². The molecule has 1 unspecified atom stereocenters. The number of nitrogens with one attached hydrogen (secondary N) is 2. The van der Waals surface area contributed by atoms with Gasteiger partial charge in [-0.05, 0) is 44.0 Å². The highest BCUT2D eigenvalue weighted by Crippen LogP contribution is 2.23. The third kappa shape index (κ3) is 3.62. The fourth-order valence-electron chi connectivity index (χ4n) is 2.24.